The number of para-hydroxylation sites is 1. The van der Waals surface area contributed by atoms with Crippen LogP contribution in [0.25, 0.3) is 11.0 Å². The molecule has 2 aromatic heterocycles. The Balaban J connectivity index is 1.93. The van der Waals surface area contributed by atoms with Crippen LogP contribution in [0.15, 0.2) is 42.7 Å². The molecule has 2 heterocycles. The van der Waals surface area contributed by atoms with Gasteiger partial charge in [0.05, 0.1) is 11.3 Å². The molecule has 0 fully saturated rings. The summed E-state index contributed by atoms with van der Waals surface area (Å²) >= 11 is 0. The lowest BCUT2D eigenvalue weighted by Crippen LogP contribution is -2.12. The first-order chi connectivity index (χ1) is 8.84. The summed E-state index contributed by atoms with van der Waals surface area (Å²) in [5, 5.41) is 13.3. The van der Waals surface area contributed by atoms with Crippen LogP contribution in [-0.4, -0.2) is 26.3 Å². The van der Waals surface area contributed by atoms with E-state index in [9.17, 15) is 4.79 Å². The van der Waals surface area contributed by atoms with E-state index < -0.39 is 0 Å². The number of pyridine rings is 1. The van der Waals surface area contributed by atoms with Crippen molar-refractivity contribution in [2.24, 2.45) is 0 Å². The lowest BCUT2D eigenvalue weighted by atomic mass is 10.2. The Kier molecular flexibility index (Phi) is 2.45. The van der Waals surface area contributed by atoms with Crippen LogP contribution in [0.1, 0.15) is 10.4 Å². The van der Waals surface area contributed by atoms with Crippen molar-refractivity contribution in [2.45, 2.75) is 0 Å². The number of anilines is 1. The first kappa shape index (κ1) is 10.4. The van der Waals surface area contributed by atoms with Crippen LogP contribution >= 0.6 is 0 Å². The summed E-state index contributed by atoms with van der Waals surface area (Å²) in [6, 6.07) is 8.82. The molecule has 0 aliphatic rings. The first-order valence-electron chi connectivity index (χ1n) is 5.35. The van der Waals surface area contributed by atoms with Crippen molar-refractivity contribution < 1.29 is 4.79 Å². The zero-order valence-corrected chi connectivity index (χ0v) is 9.29. The molecule has 0 aliphatic heterocycles. The number of nitrogens with zero attached hydrogens (tertiary/aromatic N) is 3. The van der Waals surface area contributed by atoms with Gasteiger partial charge in [0.2, 0.25) is 0 Å². The average Bonchev–Trinajstić information content (AvgIpc) is 2.89. The topological polar surface area (TPSA) is 83.6 Å². The Morgan fingerprint density at radius 3 is 2.94 bits per heavy atom. The van der Waals surface area contributed by atoms with Crippen LogP contribution in [0.4, 0.5) is 5.69 Å². The van der Waals surface area contributed by atoms with Gasteiger partial charge in [-0.2, -0.15) is 15.4 Å². The Hall–Kier alpha value is -2.76. The van der Waals surface area contributed by atoms with Crippen molar-refractivity contribution in [1.82, 2.24) is 20.4 Å². The lowest BCUT2D eigenvalue weighted by Gasteiger charge is -2.04. The summed E-state index contributed by atoms with van der Waals surface area (Å²) in [7, 11) is 0. The van der Waals surface area contributed by atoms with Crippen molar-refractivity contribution >= 4 is 22.6 Å². The van der Waals surface area contributed by atoms with E-state index in [4.69, 9.17) is 0 Å². The van der Waals surface area contributed by atoms with Crippen LogP contribution < -0.4 is 5.32 Å². The Morgan fingerprint density at radius 1 is 1.17 bits per heavy atom. The fourth-order valence-corrected chi connectivity index (χ4v) is 1.66. The molecule has 3 rings (SSSR count). The summed E-state index contributed by atoms with van der Waals surface area (Å²) in [6.45, 7) is 0. The predicted molar refractivity (Wildman–Crippen MR) is 66.1 cm³/mol. The van der Waals surface area contributed by atoms with Gasteiger partial charge >= 0.3 is 0 Å². The molecule has 0 atom stereocenters. The Bertz CT molecular complexity index is 692. The maximum absolute atomic E-state index is 12.0. The molecule has 6 nitrogen and oxygen atoms in total. The van der Waals surface area contributed by atoms with Gasteiger partial charge in [0.15, 0.2) is 0 Å². The zero-order chi connectivity index (χ0) is 12.4. The number of nitrogens with one attached hydrogen (secondary N) is 2. The average molecular weight is 239 g/mol. The predicted octanol–water partition coefficient (Wildman–Crippen LogP) is 1.61. The van der Waals surface area contributed by atoms with E-state index in [1.807, 2.05) is 12.1 Å². The van der Waals surface area contributed by atoms with Crippen LogP contribution in [0.2, 0.25) is 0 Å². The number of carbonyl (C=O) groups excluding carboxylic acids is 1. The smallest absolute Gasteiger partial charge is 0.257 e. The minimum atomic E-state index is -0.224. The minimum absolute atomic E-state index is 0.224. The SMILES string of the molecule is O=C(Nc1cccc2n[nH]nc12)c1cccnc1. The number of carbonyl (C=O) groups is 1. The molecule has 3 aromatic rings. The number of H-pyrrole nitrogens is 1. The summed E-state index contributed by atoms with van der Waals surface area (Å²) in [5.74, 6) is -0.224. The fraction of sp³-hybridized carbons (Fsp3) is 0. The van der Waals surface area contributed by atoms with E-state index in [0.29, 0.717) is 22.3 Å². The molecule has 0 spiro atoms. The fourth-order valence-electron chi connectivity index (χ4n) is 1.66. The monoisotopic (exact) mass is 239 g/mol. The van der Waals surface area contributed by atoms with Gasteiger partial charge in [-0.15, -0.1) is 0 Å². The van der Waals surface area contributed by atoms with Gasteiger partial charge < -0.3 is 5.32 Å². The molecule has 18 heavy (non-hydrogen) atoms. The second-order valence-electron chi connectivity index (χ2n) is 3.69. The van der Waals surface area contributed by atoms with Crippen LogP contribution in [-0.2, 0) is 0 Å². The third-order valence-electron chi connectivity index (χ3n) is 2.52. The largest absolute Gasteiger partial charge is 0.320 e. The number of benzene rings is 1. The zero-order valence-electron chi connectivity index (χ0n) is 9.29. The molecule has 0 aliphatic carbocycles. The number of aromatic nitrogens is 4. The highest BCUT2D eigenvalue weighted by Gasteiger charge is 2.09. The molecule has 0 radical (unpaired) electrons. The molecular weight excluding hydrogens is 230 g/mol. The third kappa shape index (κ3) is 1.80. The van der Waals surface area contributed by atoms with Crippen LogP contribution in [0, 0.1) is 0 Å². The highest BCUT2D eigenvalue weighted by atomic mass is 16.1. The highest BCUT2D eigenvalue weighted by molar-refractivity contribution is 6.07. The molecule has 0 saturated carbocycles. The second kappa shape index (κ2) is 4.25. The quantitative estimate of drug-likeness (QED) is 0.711. The van der Waals surface area contributed by atoms with Gasteiger partial charge in [0.25, 0.3) is 5.91 Å². The van der Waals surface area contributed by atoms with E-state index in [1.165, 1.54) is 6.20 Å². The highest BCUT2D eigenvalue weighted by Crippen LogP contribution is 2.19. The molecular formula is C12H9N5O. The molecule has 88 valence electrons. The lowest BCUT2D eigenvalue weighted by molar-refractivity contribution is 0.102. The Morgan fingerprint density at radius 2 is 2.11 bits per heavy atom. The number of hydrogen-bond acceptors (Lipinski definition) is 4. The van der Waals surface area contributed by atoms with Crippen LogP contribution in [0.3, 0.4) is 0 Å². The van der Waals surface area contributed by atoms with E-state index >= 15 is 0 Å². The van der Waals surface area contributed by atoms with E-state index in [0.717, 1.165) is 0 Å². The second-order valence-corrected chi connectivity index (χ2v) is 3.69. The standard InChI is InChI=1S/C12H9N5O/c18-12(8-3-2-6-13-7-8)14-9-4-1-5-10-11(9)16-17-15-10/h1-7H,(H,14,18)(H,15,16,17). The summed E-state index contributed by atoms with van der Waals surface area (Å²) < 4.78 is 0. The van der Waals surface area contributed by atoms with Crippen molar-refractivity contribution in [3.05, 3.63) is 48.3 Å². The first-order valence-corrected chi connectivity index (χ1v) is 5.35. The van der Waals surface area contributed by atoms with Crippen molar-refractivity contribution in [3.63, 3.8) is 0 Å². The van der Waals surface area contributed by atoms with Gasteiger partial charge in [-0.1, -0.05) is 6.07 Å². The van der Waals surface area contributed by atoms with E-state index in [-0.39, 0.29) is 5.91 Å². The minimum Gasteiger partial charge on any atom is -0.320 e. The summed E-state index contributed by atoms with van der Waals surface area (Å²) in [4.78, 5) is 15.9. The number of amides is 1. The van der Waals surface area contributed by atoms with Gasteiger partial charge in [0, 0.05) is 12.4 Å². The number of fused-ring (bicyclic) bond motifs is 1. The van der Waals surface area contributed by atoms with Crippen molar-refractivity contribution in [2.75, 3.05) is 5.32 Å². The molecule has 0 bridgehead atoms. The molecule has 6 heteroatoms. The maximum atomic E-state index is 12.0. The number of hydrogen-bond donors (Lipinski definition) is 2. The van der Waals surface area contributed by atoms with Crippen molar-refractivity contribution in [1.29, 1.82) is 0 Å². The molecule has 1 amide bonds. The maximum Gasteiger partial charge on any atom is 0.257 e. The normalized spacial score (nSPS) is 10.4. The van der Waals surface area contributed by atoms with E-state index in [1.54, 1.807) is 24.4 Å². The molecule has 1 aromatic carbocycles. The number of rotatable bonds is 2. The molecule has 0 unspecified atom stereocenters. The summed E-state index contributed by atoms with van der Waals surface area (Å²) in [6.07, 6.45) is 3.13. The summed E-state index contributed by atoms with van der Waals surface area (Å²) in [5.41, 5.74) is 2.46. The van der Waals surface area contributed by atoms with Gasteiger partial charge in [-0.05, 0) is 24.3 Å². The Labute approximate surface area is 102 Å². The molecule has 0 saturated heterocycles. The van der Waals surface area contributed by atoms with Crippen LogP contribution in [0.5, 0.6) is 0 Å². The van der Waals surface area contributed by atoms with Gasteiger partial charge in [-0.3, -0.25) is 9.78 Å². The number of aromatic amines is 1. The van der Waals surface area contributed by atoms with Crippen molar-refractivity contribution in [3.8, 4) is 0 Å². The van der Waals surface area contributed by atoms with Gasteiger partial charge in [-0.25, -0.2) is 0 Å². The molecule has 2 N–H and O–H groups in total. The van der Waals surface area contributed by atoms with E-state index in [2.05, 4.69) is 25.7 Å². The third-order valence-corrected chi connectivity index (χ3v) is 2.52. The van der Waals surface area contributed by atoms with Gasteiger partial charge in [0.1, 0.15) is 11.0 Å².